The van der Waals surface area contributed by atoms with Crippen LogP contribution in [0.5, 0.6) is 0 Å². The quantitative estimate of drug-likeness (QED) is 0.783. The maximum atomic E-state index is 8.82. The minimum Gasteiger partial charge on any atom is -0.396 e. The molecule has 0 bridgehead atoms. The zero-order valence-corrected chi connectivity index (χ0v) is 10.0. The molecule has 15 heavy (non-hydrogen) atoms. The summed E-state index contributed by atoms with van der Waals surface area (Å²) in [6.45, 7) is 7.06. The number of benzene rings is 1. The molecule has 0 saturated heterocycles. The lowest BCUT2D eigenvalue weighted by molar-refractivity contribution is 0.299. The average molecular weight is 206 g/mol. The van der Waals surface area contributed by atoms with Gasteiger partial charge in [0.1, 0.15) is 0 Å². The molecule has 1 rings (SSSR count). The minimum atomic E-state index is 0.236. The Morgan fingerprint density at radius 2 is 1.73 bits per heavy atom. The van der Waals surface area contributed by atoms with E-state index in [1.165, 1.54) is 17.5 Å². The van der Waals surface area contributed by atoms with E-state index in [2.05, 4.69) is 45.0 Å². The highest BCUT2D eigenvalue weighted by atomic mass is 16.2. The zero-order chi connectivity index (χ0) is 11.3. The molecule has 0 aliphatic heterocycles. The lowest BCUT2D eigenvalue weighted by atomic mass is 9.87. The van der Waals surface area contributed by atoms with E-state index in [0.29, 0.717) is 5.92 Å². The molecule has 1 aromatic rings. The molecule has 2 unspecified atom stereocenters. The first kappa shape index (κ1) is 12.3. The van der Waals surface area contributed by atoms with Gasteiger partial charge < -0.3 is 5.11 Å². The topological polar surface area (TPSA) is 20.2 Å². The van der Waals surface area contributed by atoms with Gasteiger partial charge in [0.15, 0.2) is 0 Å². The summed E-state index contributed by atoms with van der Waals surface area (Å²) in [4.78, 5) is 0. The number of rotatable bonds is 5. The van der Waals surface area contributed by atoms with Gasteiger partial charge in [0.25, 0.3) is 0 Å². The molecule has 1 N–H and O–H groups in total. The summed E-state index contributed by atoms with van der Waals surface area (Å²) in [5.41, 5.74) is 2.63. The van der Waals surface area contributed by atoms with Crippen LogP contribution in [0.1, 0.15) is 44.2 Å². The standard InChI is InChI=1S/C14H22O/c1-4-11(2)12(3)14-7-5-13(6-8-14)9-10-15/h5-8,11-12,15H,4,9-10H2,1-3H3. The molecule has 0 saturated carbocycles. The van der Waals surface area contributed by atoms with Gasteiger partial charge in [-0.25, -0.2) is 0 Å². The molecule has 1 nitrogen and oxygen atoms in total. The van der Waals surface area contributed by atoms with Gasteiger partial charge in [-0.1, -0.05) is 51.5 Å². The Balaban J connectivity index is 2.70. The molecule has 0 spiro atoms. The molecule has 1 aromatic carbocycles. The van der Waals surface area contributed by atoms with Crippen LogP contribution < -0.4 is 0 Å². The van der Waals surface area contributed by atoms with Crippen molar-refractivity contribution in [1.29, 1.82) is 0 Å². The fraction of sp³-hybridized carbons (Fsp3) is 0.571. The summed E-state index contributed by atoms with van der Waals surface area (Å²) in [6, 6.07) is 8.65. The molecule has 0 aliphatic carbocycles. The van der Waals surface area contributed by atoms with Crippen LogP contribution in [-0.2, 0) is 6.42 Å². The molecular formula is C14H22O. The highest BCUT2D eigenvalue weighted by molar-refractivity contribution is 5.25. The van der Waals surface area contributed by atoms with E-state index in [-0.39, 0.29) is 6.61 Å². The van der Waals surface area contributed by atoms with E-state index in [0.717, 1.165) is 12.3 Å². The molecule has 0 amide bonds. The van der Waals surface area contributed by atoms with Gasteiger partial charge in [-0.15, -0.1) is 0 Å². The van der Waals surface area contributed by atoms with Gasteiger partial charge in [0.2, 0.25) is 0 Å². The Hall–Kier alpha value is -0.820. The van der Waals surface area contributed by atoms with Gasteiger partial charge in [-0.2, -0.15) is 0 Å². The molecule has 1 heteroatoms. The fourth-order valence-corrected chi connectivity index (χ4v) is 1.80. The van der Waals surface area contributed by atoms with Crippen molar-refractivity contribution in [2.45, 2.75) is 39.5 Å². The summed E-state index contributed by atoms with van der Waals surface area (Å²) in [7, 11) is 0. The van der Waals surface area contributed by atoms with Gasteiger partial charge in [-0.3, -0.25) is 0 Å². The molecule has 2 atom stereocenters. The third kappa shape index (κ3) is 3.35. The Morgan fingerprint density at radius 1 is 1.13 bits per heavy atom. The summed E-state index contributed by atoms with van der Waals surface area (Å²) in [6.07, 6.45) is 1.98. The number of aliphatic hydroxyl groups is 1. The molecule has 84 valence electrons. The molecule has 0 aromatic heterocycles. The normalized spacial score (nSPS) is 14.9. The Labute approximate surface area is 93.1 Å². The third-order valence-electron chi connectivity index (χ3n) is 3.40. The van der Waals surface area contributed by atoms with Gasteiger partial charge in [0, 0.05) is 6.61 Å². The SMILES string of the molecule is CCC(C)C(C)c1ccc(CCO)cc1. The van der Waals surface area contributed by atoms with Crippen LogP contribution in [0.3, 0.4) is 0 Å². The van der Waals surface area contributed by atoms with Crippen LogP contribution in [0.15, 0.2) is 24.3 Å². The van der Waals surface area contributed by atoms with Crippen LogP contribution in [0.2, 0.25) is 0 Å². The second-order valence-electron chi connectivity index (χ2n) is 4.39. The molecular weight excluding hydrogens is 184 g/mol. The maximum absolute atomic E-state index is 8.82. The molecule has 0 radical (unpaired) electrons. The third-order valence-corrected chi connectivity index (χ3v) is 3.40. The number of hydrogen-bond acceptors (Lipinski definition) is 1. The van der Waals surface area contributed by atoms with Crippen molar-refractivity contribution in [3.63, 3.8) is 0 Å². The van der Waals surface area contributed by atoms with Crippen LogP contribution in [0.25, 0.3) is 0 Å². The van der Waals surface area contributed by atoms with Crippen molar-refractivity contribution in [3.8, 4) is 0 Å². The first-order valence-electron chi connectivity index (χ1n) is 5.88. The maximum Gasteiger partial charge on any atom is 0.0471 e. The first-order chi connectivity index (χ1) is 7.19. The van der Waals surface area contributed by atoms with E-state index in [1.54, 1.807) is 0 Å². The van der Waals surface area contributed by atoms with Crippen molar-refractivity contribution < 1.29 is 5.11 Å². The summed E-state index contributed by atoms with van der Waals surface area (Å²) < 4.78 is 0. The molecule has 0 fully saturated rings. The van der Waals surface area contributed by atoms with Crippen LogP contribution in [-0.4, -0.2) is 11.7 Å². The Morgan fingerprint density at radius 3 is 2.20 bits per heavy atom. The summed E-state index contributed by atoms with van der Waals surface area (Å²) in [5, 5.41) is 8.82. The lowest BCUT2D eigenvalue weighted by Crippen LogP contribution is -2.05. The van der Waals surface area contributed by atoms with Gasteiger partial charge in [-0.05, 0) is 29.4 Å². The number of hydrogen-bond donors (Lipinski definition) is 1. The lowest BCUT2D eigenvalue weighted by Gasteiger charge is -2.18. The van der Waals surface area contributed by atoms with Crippen molar-refractivity contribution in [2.75, 3.05) is 6.61 Å². The van der Waals surface area contributed by atoms with Crippen molar-refractivity contribution in [2.24, 2.45) is 5.92 Å². The van der Waals surface area contributed by atoms with E-state index in [1.807, 2.05) is 0 Å². The van der Waals surface area contributed by atoms with Crippen LogP contribution in [0.4, 0.5) is 0 Å². The highest BCUT2D eigenvalue weighted by Crippen LogP contribution is 2.26. The Bertz CT molecular complexity index is 276. The van der Waals surface area contributed by atoms with Crippen LogP contribution in [0, 0.1) is 5.92 Å². The average Bonchev–Trinajstić information content (AvgIpc) is 2.28. The summed E-state index contributed by atoms with van der Waals surface area (Å²) in [5.74, 6) is 1.35. The molecule has 0 aliphatic rings. The largest absolute Gasteiger partial charge is 0.396 e. The number of aliphatic hydroxyl groups excluding tert-OH is 1. The van der Waals surface area contributed by atoms with Crippen molar-refractivity contribution in [3.05, 3.63) is 35.4 Å². The van der Waals surface area contributed by atoms with Gasteiger partial charge in [0.05, 0.1) is 0 Å². The predicted molar refractivity (Wildman–Crippen MR) is 65.1 cm³/mol. The van der Waals surface area contributed by atoms with E-state index >= 15 is 0 Å². The minimum absolute atomic E-state index is 0.236. The van der Waals surface area contributed by atoms with Crippen LogP contribution >= 0.6 is 0 Å². The Kier molecular flexibility index (Phi) is 4.83. The van der Waals surface area contributed by atoms with E-state index in [4.69, 9.17) is 5.11 Å². The van der Waals surface area contributed by atoms with E-state index in [9.17, 15) is 0 Å². The summed E-state index contributed by atoms with van der Waals surface area (Å²) >= 11 is 0. The second kappa shape index (κ2) is 5.92. The smallest absolute Gasteiger partial charge is 0.0471 e. The highest BCUT2D eigenvalue weighted by Gasteiger charge is 2.11. The molecule has 0 heterocycles. The fourth-order valence-electron chi connectivity index (χ4n) is 1.80. The monoisotopic (exact) mass is 206 g/mol. The van der Waals surface area contributed by atoms with Crippen molar-refractivity contribution in [1.82, 2.24) is 0 Å². The van der Waals surface area contributed by atoms with Crippen molar-refractivity contribution >= 4 is 0 Å². The first-order valence-corrected chi connectivity index (χ1v) is 5.88. The van der Waals surface area contributed by atoms with Gasteiger partial charge >= 0.3 is 0 Å². The van der Waals surface area contributed by atoms with E-state index < -0.39 is 0 Å². The predicted octanol–water partition coefficient (Wildman–Crippen LogP) is 3.37. The second-order valence-corrected chi connectivity index (χ2v) is 4.39. The zero-order valence-electron chi connectivity index (χ0n) is 10.0.